The van der Waals surface area contributed by atoms with Crippen LogP contribution in [0.25, 0.3) is 22.8 Å². The second-order valence-corrected chi connectivity index (χ2v) is 10.6. The lowest BCUT2D eigenvalue weighted by Crippen LogP contribution is -2.49. The number of aromatic nitrogens is 4. The number of benzene rings is 1. The molecule has 39 heavy (non-hydrogen) atoms. The lowest BCUT2D eigenvalue weighted by atomic mass is 10.1. The molecule has 1 aromatic carbocycles. The lowest BCUT2D eigenvalue weighted by molar-refractivity contribution is -0.146. The fourth-order valence-corrected chi connectivity index (χ4v) is 5.20. The number of nitrogens with zero attached hydrogens (tertiary/aromatic N) is 6. The topological polar surface area (TPSA) is 91.6 Å². The van der Waals surface area contributed by atoms with Gasteiger partial charge < -0.3 is 20.1 Å². The Balaban J connectivity index is 1.73. The van der Waals surface area contributed by atoms with Crippen LogP contribution in [0.4, 0.5) is 19.0 Å². The predicted molar refractivity (Wildman–Crippen MR) is 147 cm³/mol. The molecule has 2 aromatic heterocycles. The number of aliphatic hydroxyl groups is 1. The molecule has 14 heteroatoms. The normalized spacial score (nSPS) is 15.6. The van der Waals surface area contributed by atoms with Crippen LogP contribution in [0.1, 0.15) is 5.56 Å². The van der Waals surface area contributed by atoms with Crippen LogP contribution >= 0.6 is 27.5 Å². The van der Waals surface area contributed by atoms with Gasteiger partial charge in [-0.2, -0.15) is 18.3 Å². The number of alkyl halides is 3. The first-order chi connectivity index (χ1) is 18.5. The van der Waals surface area contributed by atoms with Crippen molar-refractivity contribution in [2.45, 2.75) is 19.2 Å². The Hall–Kier alpha value is -2.45. The van der Waals surface area contributed by atoms with Gasteiger partial charge >= 0.3 is 6.18 Å². The number of piperazine rings is 1. The van der Waals surface area contributed by atoms with Crippen LogP contribution in [0.5, 0.6) is 5.75 Å². The van der Waals surface area contributed by atoms with E-state index in [0.29, 0.717) is 53.3 Å². The second kappa shape index (κ2) is 12.4. The number of anilines is 1. The van der Waals surface area contributed by atoms with E-state index >= 15 is 0 Å². The molecule has 1 aliphatic heterocycles. The third-order valence-corrected chi connectivity index (χ3v) is 7.28. The van der Waals surface area contributed by atoms with Gasteiger partial charge in [-0.05, 0) is 48.1 Å². The second-order valence-electron chi connectivity index (χ2n) is 9.35. The van der Waals surface area contributed by atoms with E-state index in [-0.39, 0.29) is 19.7 Å². The molecule has 0 spiro atoms. The van der Waals surface area contributed by atoms with Gasteiger partial charge in [0.15, 0.2) is 5.82 Å². The number of nitrogens with one attached hydrogen (secondary N) is 1. The van der Waals surface area contributed by atoms with E-state index in [1.54, 1.807) is 43.2 Å². The van der Waals surface area contributed by atoms with Crippen molar-refractivity contribution >= 4 is 33.3 Å². The van der Waals surface area contributed by atoms with Crippen molar-refractivity contribution in [3.8, 4) is 28.5 Å². The fraction of sp³-hybridized carbons (Fsp3) is 0.480. The lowest BCUT2D eigenvalue weighted by Gasteiger charge is -2.36. The van der Waals surface area contributed by atoms with Crippen LogP contribution in [-0.4, -0.2) is 95.0 Å². The number of rotatable bonds is 9. The van der Waals surface area contributed by atoms with Gasteiger partial charge in [-0.3, -0.25) is 9.58 Å². The Morgan fingerprint density at radius 1 is 1.21 bits per heavy atom. The van der Waals surface area contributed by atoms with Gasteiger partial charge in [-0.15, -0.1) is 0 Å². The summed E-state index contributed by atoms with van der Waals surface area (Å²) >= 11 is 10.1. The maximum absolute atomic E-state index is 12.9. The van der Waals surface area contributed by atoms with Crippen molar-refractivity contribution in [2.24, 2.45) is 7.05 Å². The zero-order valence-corrected chi connectivity index (χ0v) is 24.1. The minimum absolute atomic E-state index is 0.0807. The smallest absolute Gasteiger partial charge is 0.401 e. The number of ether oxygens (including phenoxy) is 1. The maximum atomic E-state index is 12.9. The van der Waals surface area contributed by atoms with E-state index in [0.717, 1.165) is 15.7 Å². The van der Waals surface area contributed by atoms with Crippen molar-refractivity contribution in [1.82, 2.24) is 30.0 Å². The first kappa shape index (κ1) is 29.5. The summed E-state index contributed by atoms with van der Waals surface area (Å²) in [6, 6.07) is 5.09. The zero-order chi connectivity index (χ0) is 28.3. The molecule has 4 rings (SSSR count). The van der Waals surface area contributed by atoms with Gasteiger partial charge in [0.2, 0.25) is 0 Å². The summed E-state index contributed by atoms with van der Waals surface area (Å²) in [6.45, 7) is 2.67. The molecule has 0 aliphatic carbocycles. The number of halogens is 5. The van der Waals surface area contributed by atoms with Crippen molar-refractivity contribution in [3.63, 3.8) is 0 Å². The average molecular weight is 633 g/mol. The first-order valence-corrected chi connectivity index (χ1v) is 13.5. The average Bonchev–Trinajstić information content (AvgIpc) is 3.21. The van der Waals surface area contributed by atoms with Crippen LogP contribution in [-0.2, 0) is 7.05 Å². The molecule has 1 atom stereocenters. The molecule has 0 amide bonds. The van der Waals surface area contributed by atoms with Crippen LogP contribution in [0.15, 0.2) is 28.9 Å². The summed E-state index contributed by atoms with van der Waals surface area (Å²) in [6.07, 6.45) is -3.27. The molecule has 1 saturated heterocycles. The van der Waals surface area contributed by atoms with Crippen LogP contribution < -0.4 is 15.0 Å². The number of likely N-dealkylation sites (N-methyl/N-ethyl adjacent to an activating group) is 1. The molecule has 2 N–H and O–H groups in total. The van der Waals surface area contributed by atoms with Crippen molar-refractivity contribution in [1.29, 1.82) is 0 Å². The van der Waals surface area contributed by atoms with Gasteiger partial charge in [-0.1, -0.05) is 11.6 Å². The molecule has 1 aliphatic rings. The minimum Gasteiger partial charge on any atom is -0.491 e. The molecule has 0 radical (unpaired) electrons. The maximum Gasteiger partial charge on any atom is 0.401 e. The molecule has 3 aromatic rings. The highest BCUT2D eigenvalue weighted by Gasteiger charge is 2.33. The largest absolute Gasteiger partial charge is 0.491 e. The Kier molecular flexibility index (Phi) is 9.37. The zero-order valence-electron chi connectivity index (χ0n) is 21.8. The van der Waals surface area contributed by atoms with Crippen LogP contribution in [0, 0.1) is 6.92 Å². The Bertz CT molecular complexity index is 1280. The SMILES string of the molecule is CNC[C@@H](O)COc1ccc(Cl)c(-c2nc(-c3c(Br)cnn3C)c(C)c(N3CCN(CC(F)(F)F)CC3)n2)c1. The van der Waals surface area contributed by atoms with Gasteiger partial charge in [0.1, 0.15) is 30.0 Å². The Morgan fingerprint density at radius 3 is 2.54 bits per heavy atom. The predicted octanol–water partition coefficient (Wildman–Crippen LogP) is 3.91. The highest BCUT2D eigenvalue weighted by Crippen LogP contribution is 2.37. The van der Waals surface area contributed by atoms with Crippen molar-refractivity contribution < 1.29 is 23.0 Å². The highest BCUT2D eigenvalue weighted by molar-refractivity contribution is 9.10. The van der Waals surface area contributed by atoms with Crippen molar-refractivity contribution in [3.05, 3.63) is 39.5 Å². The molecule has 0 unspecified atom stereocenters. The third-order valence-electron chi connectivity index (χ3n) is 6.37. The molecule has 9 nitrogen and oxygen atoms in total. The fourth-order valence-electron chi connectivity index (χ4n) is 4.46. The molecule has 3 heterocycles. The number of hydrogen-bond acceptors (Lipinski definition) is 8. The van der Waals surface area contributed by atoms with Crippen LogP contribution in [0.2, 0.25) is 5.02 Å². The molecule has 0 saturated carbocycles. The quantitative estimate of drug-likeness (QED) is 0.367. The van der Waals surface area contributed by atoms with E-state index in [1.165, 1.54) is 4.90 Å². The van der Waals surface area contributed by atoms with Gasteiger partial charge in [0, 0.05) is 50.9 Å². The van der Waals surface area contributed by atoms with Crippen LogP contribution in [0.3, 0.4) is 0 Å². The number of hydrogen-bond donors (Lipinski definition) is 2. The minimum atomic E-state index is -4.24. The van der Waals surface area contributed by atoms with E-state index in [2.05, 4.69) is 26.3 Å². The summed E-state index contributed by atoms with van der Waals surface area (Å²) in [5.41, 5.74) is 2.64. The van der Waals surface area contributed by atoms with E-state index in [4.69, 9.17) is 26.3 Å². The summed E-state index contributed by atoms with van der Waals surface area (Å²) in [7, 11) is 3.54. The van der Waals surface area contributed by atoms with E-state index < -0.39 is 18.8 Å². The number of aryl methyl sites for hydroxylation is 1. The standard InChI is InChI=1S/C25H30BrClF3N7O2/c1-15-21(22-19(26)12-32-35(22)3)33-23(18-10-17(4-5-20(18)27)39-13-16(38)11-31-2)34-24(15)37-8-6-36(7-9-37)14-25(28,29)30/h4-5,10,12,16,31,38H,6-9,11,13-14H2,1-3H3/t16-/m1/s1. The molecular weight excluding hydrogens is 603 g/mol. The number of aliphatic hydroxyl groups excluding tert-OH is 1. The van der Waals surface area contributed by atoms with Crippen molar-refractivity contribution in [2.75, 3.05) is 57.8 Å². The Labute approximate surface area is 238 Å². The summed E-state index contributed by atoms with van der Waals surface area (Å²) in [5.74, 6) is 1.43. The van der Waals surface area contributed by atoms with Gasteiger partial charge in [0.25, 0.3) is 0 Å². The molecule has 1 fully saturated rings. The van der Waals surface area contributed by atoms with E-state index in [9.17, 15) is 18.3 Å². The van der Waals surface area contributed by atoms with Gasteiger partial charge in [0.05, 0.1) is 27.9 Å². The van der Waals surface area contributed by atoms with Gasteiger partial charge in [-0.25, -0.2) is 9.97 Å². The molecule has 212 valence electrons. The third kappa shape index (κ3) is 7.20. The summed E-state index contributed by atoms with van der Waals surface area (Å²) < 4.78 is 47.0. The van der Waals surface area contributed by atoms with E-state index in [1.807, 2.05) is 11.8 Å². The highest BCUT2D eigenvalue weighted by atomic mass is 79.9. The first-order valence-electron chi connectivity index (χ1n) is 12.3. The summed E-state index contributed by atoms with van der Waals surface area (Å²) in [4.78, 5) is 13.1. The molecule has 0 bridgehead atoms. The summed E-state index contributed by atoms with van der Waals surface area (Å²) in [5, 5.41) is 17.6. The Morgan fingerprint density at radius 2 is 1.92 bits per heavy atom. The monoisotopic (exact) mass is 631 g/mol. The molecular formula is C25H30BrClF3N7O2.